The Balaban J connectivity index is 3.83. The fourth-order valence-electron chi connectivity index (χ4n) is 0.495. The van der Waals surface area contributed by atoms with Crippen LogP contribution in [-0.2, 0) is 0 Å². The predicted molar refractivity (Wildman–Crippen MR) is 51.2 cm³/mol. The Labute approximate surface area is 75.9 Å². The first-order chi connectivity index (χ1) is 5.31. The van der Waals surface area contributed by atoms with E-state index in [0.29, 0.717) is 6.42 Å². The van der Waals surface area contributed by atoms with Gasteiger partial charge in [-0.05, 0) is 13.0 Å². The van der Waals surface area contributed by atoms with Crippen molar-refractivity contribution in [3.8, 4) is 6.07 Å². The third kappa shape index (κ3) is 7.08. The van der Waals surface area contributed by atoms with Gasteiger partial charge in [-0.2, -0.15) is 5.26 Å². The largest absolute Gasteiger partial charge is 0.198 e. The van der Waals surface area contributed by atoms with Crippen molar-refractivity contribution in [1.82, 2.24) is 0 Å². The molecule has 0 saturated carbocycles. The fourth-order valence-corrected chi connectivity index (χ4v) is 0.912. The molecule has 1 nitrogen and oxygen atoms in total. The van der Waals surface area contributed by atoms with Gasteiger partial charge < -0.3 is 0 Å². The van der Waals surface area contributed by atoms with Crippen LogP contribution in [0.15, 0.2) is 34.9 Å². The van der Waals surface area contributed by atoms with Crippen molar-refractivity contribution in [3.05, 3.63) is 34.9 Å². The zero-order chi connectivity index (χ0) is 8.53. The molecule has 0 aliphatic rings. The van der Waals surface area contributed by atoms with E-state index in [2.05, 4.69) is 15.9 Å². The first-order valence-corrected chi connectivity index (χ1v) is 4.12. The minimum atomic E-state index is 0.465. The number of rotatable bonds is 3. The van der Waals surface area contributed by atoms with E-state index in [0.717, 1.165) is 4.48 Å². The minimum absolute atomic E-state index is 0.465. The number of allylic oxidation sites excluding steroid dienone is 6. The lowest BCUT2D eigenvalue weighted by atomic mass is 10.3. The van der Waals surface area contributed by atoms with Crippen LogP contribution in [0.2, 0.25) is 0 Å². The number of halogens is 1. The van der Waals surface area contributed by atoms with E-state index in [-0.39, 0.29) is 0 Å². The molecule has 0 aromatic carbocycles. The second-order valence-corrected chi connectivity index (χ2v) is 2.76. The quantitative estimate of drug-likeness (QED) is 0.658. The van der Waals surface area contributed by atoms with Gasteiger partial charge in [-0.25, -0.2) is 0 Å². The molecule has 2 heteroatoms. The second-order valence-electron chi connectivity index (χ2n) is 1.84. The van der Waals surface area contributed by atoms with Crippen molar-refractivity contribution in [2.75, 3.05) is 0 Å². The molecule has 0 radical (unpaired) electrons. The van der Waals surface area contributed by atoms with E-state index in [1.165, 1.54) is 0 Å². The first kappa shape index (κ1) is 10.2. The van der Waals surface area contributed by atoms with Crippen LogP contribution in [0.25, 0.3) is 0 Å². The Kier molecular flexibility index (Phi) is 6.76. The van der Waals surface area contributed by atoms with Crippen molar-refractivity contribution in [3.63, 3.8) is 0 Å². The third-order valence-corrected chi connectivity index (χ3v) is 1.46. The fraction of sp³-hybridized carbons (Fsp3) is 0.222. The van der Waals surface area contributed by atoms with Crippen LogP contribution < -0.4 is 0 Å². The second kappa shape index (κ2) is 7.30. The Hall–Kier alpha value is -0.810. The van der Waals surface area contributed by atoms with E-state index in [1.807, 2.05) is 43.4 Å². The van der Waals surface area contributed by atoms with E-state index < -0.39 is 0 Å². The molecule has 0 amide bonds. The van der Waals surface area contributed by atoms with Crippen LogP contribution in [0.4, 0.5) is 0 Å². The molecule has 11 heavy (non-hydrogen) atoms. The smallest absolute Gasteiger partial charge is 0.0663 e. The minimum Gasteiger partial charge on any atom is -0.198 e. The summed E-state index contributed by atoms with van der Waals surface area (Å²) in [6, 6.07) is 2.02. The molecule has 0 heterocycles. The van der Waals surface area contributed by atoms with Crippen LogP contribution in [0.3, 0.4) is 0 Å². The average Bonchev–Trinajstić information content (AvgIpc) is 1.99. The van der Waals surface area contributed by atoms with E-state index in [4.69, 9.17) is 5.26 Å². The zero-order valence-electron chi connectivity index (χ0n) is 6.42. The van der Waals surface area contributed by atoms with Crippen molar-refractivity contribution in [2.45, 2.75) is 13.3 Å². The summed E-state index contributed by atoms with van der Waals surface area (Å²) in [5, 5.41) is 8.19. The molecule has 0 fully saturated rings. The molecule has 0 saturated heterocycles. The third-order valence-electron chi connectivity index (χ3n) is 0.927. The molecule has 0 N–H and O–H groups in total. The summed E-state index contributed by atoms with van der Waals surface area (Å²) in [6.45, 7) is 1.95. The molecule has 0 rings (SSSR count). The lowest BCUT2D eigenvalue weighted by molar-refractivity contribution is 1.35. The van der Waals surface area contributed by atoms with Gasteiger partial charge in [0.25, 0.3) is 0 Å². The Morgan fingerprint density at radius 3 is 2.91 bits per heavy atom. The maximum atomic E-state index is 8.19. The normalized spacial score (nSPS) is 12.6. The van der Waals surface area contributed by atoms with Crippen LogP contribution in [0.5, 0.6) is 0 Å². The number of nitrogens with zero attached hydrogens (tertiary/aromatic N) is 1. The molecule has 0 aliphatic carbocycles. The van der Waals surface area contributed by atoms with Gasteiger partial charge in [-0.3, -0.25) is 0 Å². The molecule has 0 atom stereocenters. The number of nitriles is 1. The summed E-state index contributed by atoms with van der Waals surface area (Å²) < 4.78 is 1.01. The van der Waals surface area contributed by atoms with Crippen LogP contribution in [-0.4, -0.2) is 0 Å². The molecule has 0 unspecified atom stereocenters. The Morgan fingerprint density at radius 1 is 1.64 bits per heavy atom. The summed E-state index contributed by atoms with van der Waals surface area (Å²) in [6.07, 6.45) is 9.91. The number of hydrogen-bond donors (Lipinski definition) is 0. The predicted octanol–water partition coefficient (Wildman–Crippen LogP) is 3.31. The van der Waals surface area contributed by atoms with Gasteiger partial charge in [0, 0.05) is 4.48 Å². The highest BCUT2D eigenvalue weighted by Gasteiger charge is 1.77. The zero-order valence-corrected chi connectivity index (χ0v) is 8.01. The maximum absolute atomic E-state index is 8.19. The van der Waals surface area contributed by atoms with Crippen molar-refractivity contribution in [2.24, 2.45) is 0 Å². The van der Waals surface area contributed by atoms with Gasteiger partial charge in [0.05, 0.1) is 12.5 Å². The summed E-state index contributed by atoms with van der Waals surface area (Å²) in [4.78, 5) is 0. The standard InChI is InChI=1S/C9H10BrN/c1-2-6-9(10)7-4-3-5-8-11/h2-4,6-7H,5H2,1H3/b4-3+,6-2-,9-7+. The van der Waals surface area contributed by atoms with Gasteiger partial charge in [0.15, 0.2) is 0 Å². The van der Waals surface area contributed by atoms with Crippen molar-refractivity contribution >= 4 is 15.9 Å². The van der Waals surface area contributed by atoms with E-state index in [1.54, 1.807) is 0 Å². The molecule has 0 spiro atoms. The summed E-state index contributed by atoms with van der Waals surface area (Å²) in [5.41, 5.74) is 0. The van der Waals surface area contributed by atoms with Crippen LogP contribution >= 0.6 is 15.9 Å². The highest BCUT2D eigenvalue weighted by Crippen LogP contribution is 2.05. The van der Waals surface area contributed by atoms with Crippen LogP contribution in [0.1, 0.15) is 13.3 Å². The van der Waals surface area contributed by atoms with Crippen molar-refractivity contribution in [1.29, 1.82) is 5.26 Å². The average molecular weight is 212 g/mol. The topological polar surface area (TPSA) is 23.8 Å². The van der Waals surface area contributed by atoms with Gasteiger partial charge in [0.2, 0.25) is 0 Å². The lowest BCUT2D eigenvalue weighted by Crippen LogP contribution is -1.60. The lowest BCUT2D eigenvalue weighted by Gasteiger charge is -1.82. The molecule has 0 aromatic rings. The highest BCUT2D eigenvalue weighted by molar-refractivity contribution is 9.11. The van der Waals surface area contributed by atoms with Crippen LogP contribution in [0, 0.1) is 11.3 Å². The first-order valence-electron chi connectivity index (χ1n) is 3.33. The van der Waals surface area contributed by atoms with E-state index >= 15 is 0 Å². The Morgan fingerprint density at radius 2 is 2.36 bits per heavy atom. The van der Waals surface area contributed by atoms with Gasteiger partial charge >= 0.3 is 0 Å². The summed E-state index contributed by atoms with van der Waals surface area (Å²) >= 11 is 3.33. The van der Waals surface area contributed by atoms with E-state index in [9.17, 15) is 0 Å². The molecule has 58 valence electrons. The molecule has 0 aromatic heterocycles. The molecule has 0 bridgehead atoms. The van der Waals surface area contributed by atoms with Gasteiger partial charge in [-0.15, -0.1) is 0 Å². The molecular weight excluding hydrogens is 202 g/mol. The van der Waals surface area contributed by atoms with Crippen molar-refractivity contribution < 1.29 is 0 Å². The monoisotopic (exact) mass is 211 g/mol. The summed E-state index contributed by atoms with van der Waals surface area (Å²) in [7, 11) is 0. The molecular formula is C9H10BrN. The Bertz CT molecular complexity index is 218. The molecule has 0 aliphatic heterocycles. The van der Waals surface area contributed by atoms with Gasteiger partial charge in [0.1, 0.15) is 0 Å². The number of hydrogen-bond acceptors (Lipinski definition) is 1. The van der Waals surface area contributed by atoms with Gasteiger partial charge in [-0.1, -0.05) is 40.2 Å². The summed E-state index contributed by atoms with van der Waals surface area (Å²) in [5.74, 6) is 0. The SMILES string of the molecule is C\C=C/C(Br)=C\C=C\CC#N. The highest BCUT2D eigenvalue weighted by atomic mass is 79.9. The maximum Gasteiger partial charge on any atom is 0.0663 e.